The van der Waals surface area contributed by atoms with E-state index < -0.39 is 26.0 Å². The van der Waals surface area contributed by atoms with Crippen LogP contribution in [0.2, 0.25) is 0 Å². The largest absolute Gasteiger partial charge is 0.478 e. The first-order chi connectivity index (χ1) is 23.9. The van der Waals surface area contributed by atoms with E-state index in [1.165, 1.54) is 25.4 Å². The highest BCUT2D eigenvalue weighted by Gasteiger charge is 2.28. The third-order valence-corrected chi connectivity index (χ3v) is 12.2. The zero-order valence-corrected chi connectivity index (χ0v) is 33.8. The standard InChI is InChI=1S/C17H19BrN2O4S.C16H16BrNO5S.CH5N/c1-19-17(21)15-11-8-12(18)13(20(2)25(3,22)23)9-14(11)24-16(15)10-6-4-5-7-10;1-18(24(2,21)22)12-8-13-10(7-11(12)17)14(16(19)20)15(23-13)9-5-3-4-6-9;1-2/h6,8-9H,4-5,7H2,1-3H3,(H,19,21);5,7-8H,3-4,6H2,1-2H3,(H,19,20);2H2,1H3. The van der Waals surface area contributed by atoms with Crippen LogP contribution in [-0.4, -0.2) is 74.5 Å². The highest BCUT2D eigenvalue weighted by atomic mass is 79.9. The number of aromatic carboxylic acids is 1. The van der Waals surface area contributed by atoms with Gasteiger partial charge in [0.25, 0.3) is 5.91 Å². The number of carbonyl (C=O) groups excluding carboxylic acids is 1. The van der Waals surface area contributed by atoms with Crippen molar-refractivity contribution in [3.63, 3.8) is 0 Å². The van der Waals surface area contributed by atoms with Gasteiger partial charge in [0.15, 0.2) is 0 Å². The van der Waals surface area contributed by atoms with Gasteiger partial charge in [-0.05, 0) is 101 Å². The molecule has 0 radical (unpaired) electrons. The number of fused-ring (bicyclic) bond motifs is 2. The van der Waals surface area contributed by atoms with Crippen LogP contribution in [-0.2, 0) is 20.0 Å². The van der Waals surface area contributed by atoms with Crippen molar-refractivity contribution in [3.8, 4) is 0 Å². The number of anilines is 2. The molecule has 6 rings (SSSR count). The van der Waals surface area contributed by atoms with Crippen molar-refractivity contribution in [1.29, 1.82) is 0 Å². The zero-order chi connectivity index (χ0) is 38.0. The summed E-state index contributed by atoms with van der Waals surface area (Å²) in [4.78, 5) is 24.2. The van der Waals surface area contributed by atoms with E-state index in [0.29, 0.717) is 59.3 Å². The number of halogens is 2. The number of carbonyl (C=O) groups is 2. The highest BCUT2D eigenvalue weighted by Crippen LogP contribution is 2.42. The Labute approximate surface area is 313 Å². The summed E-state index contributed by atoms with van der Waals surface area (Å²) in [6.07, 6.45) is 11.8. The van der Waals surface area contributed by atoms with Crippen molar-refractivity contribution in [2.24, 2.45) is 5.73 Å². The SMILES string of the molecule is CN.CN(c1cc2oc(C3=CCCC3)c(C(=O)O)c2cc1Br)S(C)(=O)=O.CNC(=O)c1c(C2=CCCC2)oc2cc(N(C)S(C)(=O)=O)c(Br)cc12. The van der Waals surface area contributed by atoms with Gasteiger partial charge < -0.3 is 25.0 Å². The van der Waals surface area contributed by atoms with E-state index in [2.05, 4.69) is 49.0 Å². The molecule has 4 N–H and O–H groups in total. The van der Waals surface area contributed by atoms with E-state index in [1.54, 1.807) is 31.3 Å². The number of carboxylic acids is 1. The third kappa shape index (κ3) is 8.38. The first kappa shape index (κ1) is 40.1. The Morgan fingerprint density at radius 2 is 1.16 bits per heavy atom. The van der Waals surface area contributed by atoms with Crippen LogP contribution in [0.4, 0.5) is 11.4 Å². The molecule has 2 aliphatic carbocycles. The molecule has 2 aliphatic rings. The second kappa shape index (κ2) is 15.9. The van der Waals surface area contributed by atoms with Gasteiger partial charge in [0.1, 0.15) is 28.2 Å². The van der Waals surface area contributed by atoms with Crippen LogP contribution in [0.3, 0.4) is 0 Å². The van der Waals surface area contributed by atoms with Crippen LogP contribution in [0.25, 0.3) is 33.1 Å². The minimum Gasteiger partial charge on any atom is -0.478 e. The lowest BCUT2D eigenvalue weighted by molar-refractivity contribution is 0.0697. The van der Waals surface area contributed by atoms with Gasteiger partial charge in [0.2, 0.25) is 20.0 Å². The van der Waals surface area contributed by atoms with Gasteiger partial charge in [-0.2, -0.15) is 0 Å². The quantitative estimate of drug-likeness (QED) is 0.167. The first-order valence-corrected chi connectivity index (χ1v) is 21.0. The molecule has 0 unspecified atom stereocenters. The molecule has 276 valence electrons. The number of benzene rings is 2. The van der Waals surface area contributed by atoms with Crippen LogP contribution < -0.4 is 19.7 Å². The minimum atomic E-state index is -3.45. The smallest absolute Gasteiger partial charge is 0.340 e. The number of rotatable bonds is 8. The molecule has 0 aliphatic heterocycles. The number of sulfonamides is 2. The Hall–Kier alpha value is -3.64. The number of nitrogens with one attached hydrogen (secondary N) is 1. The van der Waals surface area contributed by atoms with Crippen molar-refractivity contribution in [1.82, 2.24) is 5.32 Å². The average molecular weight is 873 g/mol. The fourth-order valence-corrected chi connectivity index (χ4v) is 8.29. The second-order valence-electron chi connectivity index (χ2n) is 11.8. The molecule has 4 aromatic rings. The summed E-state index contributed by atoms with van der Waals surface area (Å²) in [5, 5.41) is 13.4. The summed E-state index contributed by atoms with van der Waals surface area (Å²) in [6, 6.07) is 6.52. The monoisotopic (exact) mass is 870 g/mol. The van der Waals surface area contributed by atoms with Gasteiger partial charge >= 0.3 is 5.97 Å². The minimum absolute atomic E-state index is 0.118. The maximum atomic E-state index is 12.4. The van der Waals surface area contributed by atoms with Crippen LogP contribution in [0.5, 0.6) is 0 Å². The Bertz CT molecular complexity index is 2290. The number of hydrogen-bond donors (Lipinski definition) is 3. The molecular weight excluding hydrogens is 832 g/mol. The number of carboxylic acid groups (broad SMARTS) is 1. The Morgan fingerprint density at radius 3 is 1.49 bits per heavy atom. The van der Waals surface area contributed by atoms with Crippen molar-refractivity contribution in [2.75, 3.05) is 49.3 Å². The number of amides is 1. The fraction of sp³-hybridized carbons (Fsp3) is 0.353. The lowest BCUT2D eigenvalue weighted by atomic mass is 10.0. The highest BCUT2D eigenvalue weighted by molar-refractivity contribution is 9.11. The number of furan rings is 2. The van der Waals surface area contributed by atoms with Gasteiger partial charge in [0.05, 0.1) is 29.4 Å². The molecule has 0 saturated heterocycles. The normalized spacial score (nSPS) is 14.3. The van der Waals surface area contributed by atoms with E-state index in [1.807, 2.05) is 6.08 Å². The van der Waals surface area contributed by atoms with Crippen molar-refractivity contribution in [3.05, 3.63) is 68.0 Å². The molecule has 2 aromatic carbocycles. The zero-order valence-electron chi connectivity index (χ0n) is 29.0. The predicted octanol–water partition coefficient (Wildman–Crippen LogP) is 6.95. The van der Waals surface area contributed by atoms with Gasteiger partial charge in [0, 0.05) is 53.0 Å². The van der Waals surface area contributed by atoms with Crippen molar-refractivity contribution >= 4 is 108 Å². The number of nitrogens with two attached hydrogens (primary N) is 1. The average Bonchev–Trinajstić information content (AvgIpc) is 3.89. The predicted molar refractivity (Wildman–Crippen MR) is 208 cm³/mol. The molecule has 2 aromatic heterocycles. The van der Waals surface area contributed by atoms with Gasteiger partial charge in [-0.1, -0.05) is 12.2 Å². The second-order valence-corrected chi connectivity index (χ2v) is 17.5. The summed E-state index contributed by atoms with van der Waals surface area (Å²) in [5.74, 6) is -0.357. The molecule has 0 fully saturated rings. The van der Waals surface area contributed by atoms with E-state index in [0.717, 1.165) is 66.5 Å². The van der Waals surface area contributed by atoms with E-state index in [9.17, 15) is 31.5 Å². The molecule has 0 saturated carbocycles. The molecule has 2 heterocycles. The molecule has 17 heteroatoms. The molecule has 0 atom stereocenters. The number of nitrogens with zero attached hydrogens (tertiary/aromatic N) is 2. The summed E-state index contributed by atoms with van der Waals surface area (Å²) in [7, 11) is -0.876. The lowest BCUT2D eigenvalue weighted by Gasteiger charge is -2.18. The van der Waals surface area contributed by atoms with Crippen LogP contribution in [0.1, 0.15) is 70.8 Å². The van der Waals surface area contributed by atoms with Crippen LogP contribution >= 0.6 is 31.9 Å². The maximum Gasteiger partial charge on any atom is 0.340 e. The topological polar surface area (TPSA) is 193 Å². The van der Waals surface area contributed by atoms with Gasteiger partial charge in [-0.25, -0.2) is 21.6 Å². The molecule has 0 spiro atoms. The molecule has 1 amide bonds. The number of hydrogen-bond acceptors (Lipinski definition) is 9. The Kier molecular flexibility index (Phi) is 12.5. The molecule has 0 bridgehead atoms. The Balaban J connectivity index is 0.000000218. The summed E-state index contributed by atoms with van der Waals surface area (Å²) >= 11 is 6.75. The third-order valence-electron chi connectivity index (χ3n) is 8.52. The van der Waals surface area contributed by atoms with E-state index in [-0.39, 0.29) is 11.5 Å². The lowest BCUT2D eigenvalue weighted by Crippen LogP contribution is -2.25. The summed E-state index contributed by atoms with van der Waals surface area (Å²) in [6.45, 7) is 0. The van der Waals surface area contributed by atoms with Crippen LogP contribution in [0, 0.1) is 0 Å². The Morgan fingerprint density at radius 1 is 0.765 bits per heavy atom. The summed E-state index contributed by atoms with van der Waals surface area (Å²) in [5.41, 5.74) is 8.69. The van der Waals surface area contributed by atoms with Crippen LogP contribution in [0.15, 0.2) is 54.2 Å². The molecular formula is C34H40Br2N4O9S2. The van der Waals surface area contributed by atoms with Gasteiger partial charge in [-0.15, -0.1) is 0 Å². The van der Waals surface area contributed by atoms with E-state index >= 15 is 0 Å². The van der Waals surface area contributed by atoms with Gasteiger partial charge in [-0.3, -0.25) is 13.4 Å². The van der Waals surface area contributed by atoms with E-state index in [4.69, 9.17) is 8.83 Å². The van der Waals surface area contributed by atoms with Crippen molar-refractivity contribution < 1.29 is 40.4 Å². The fourth-order valence-electron chi connectivity index (χ4n) is 5.82. The molecule has 13 nitrogen and oxygen atoms in total. The van der Waals surface area contributed by atoms with Crippen molar-refractivity contribution in [2.45, 2.75) is 38.5 Å². The molecule has 51 heavy (non-hydrogen) atoms. The maximum absolute atomic E-state index is 12.4. The number of allylic oxidation sites excluding steroid dienone is 4. The summed E-state index contributed by atoms with van der Waals surface area (Å²) < 4.78 is 62.4. The first-order valence-electron chi connectivity index (χ1n) is 15.8.